The molecule has 28 heavy (non-hydrogen) atoms. The first-order chi connectivity index (χ1) is 13.5. The quantitative estimate of drug-likeness (QED) is 0.671. The van der Waals surface area contributed by atoms with Gasteiger partial charge in [-0.05, 0) is 30.7 Å². The maximum absolute atomic E-state index is 11.2. The first kappa shape index (κ1) is 18.8. The Morgan fingerprint density at radius 3 is 2.61 bits per heavy atom. The Kier molecular flexibility index (Phi) is 5.28. The fourth-order valence-electron chi connectivity index (χ4n) is 3.39. The Labute approximate surface area is 172 Å². The van der Waals surface area contributed by atoms with E-state index < -0.39 is 6.09 Å². The van der Waals surface area contributed by atoms with E-state index in [1.54, 1.807) is 18.8 Å². The van der Waals surface area contributed by atoms with Crippen LogP contribution in [0, 0.1) is 0 Å². The summed E-state index contributed by atoms with van der Waals surface area (Å²) in [5.41, 5.74) is 0. The summed E-state index contributed by atoms with van der Waals surface area (Å²) in [6.07, 6.45) is -0.127. The topological polar surface area (TPSA) is 69.6 Å². The van der Waals surface area contributed by atoms with Gasteiger partial charge in [0.15, 0.2) is 5.82 Å². The van der Waals surface area contributed by atoms with E-state index in [0.29, 0.717) is 11.6 Å². The zero-order valence-electron chi connectivity index (χ0n) is 15.2. The molecule has 0 aliphatic carbocycles. The number of carboxylic acid groups (broad SMARTS) is 1. The molecule has 1 aliphatic rings. The maximum atomic E-state index is 11.2. The Morgan fingerprint density at radius 1 is 1.18 bits per heavy atom. The van der Waals surface area contributed by atoms with E-state index in [1.165, 1.54) is 4.90 Å². The lowest BCUT2D eigenvalue weighted by molar-refractivity contribution is 0.142. The van der Waals surface area contributed by atoms with Gasteiger partial charge in [0.05, 0.1) is 6.04 Å². The Bertz CT molecular complexity index is 1010. The third kappa shape index (κ3) is 3.72. The average Bonchev–Trinajstić information content (AvgIpc) is 3.19. The Morgan fingerprint density at radius 2 is 1.89 bits per heavy atom. The summed E-state index contributed by atoms with van der Waals surface area (Å²) in [5.74, 6) is 0.803. The van der Waals surface area contributed by atoms with Gasteiger partial charge >= 0.3 is 6.09 Å². The van der Waals surface area contributed by atoms with Crippen molar-refractivity contribution in [3.63, 3.8) is 0 Å². The van der Waals surface area contributed by atoms with Gasteiger partial charge in [-0.3, -0.25) is 0 Å². The van der Waals surface area contributed by atoms with Crippen LogP contribution < -0.4 is 4.90 Å². The smallest absolute Gasteiger partial charge is 0.407 e. The molecule has 1 aromatic heterocycles. The number of nitrogens with zero attached hydrogens (tertiary/aromatic N) is 4. The zero-order valence-corrected chi connectivity index (χ0v) is 16.8. The van der Waals surface area contributed by atoms with Gasteiger partial charge in [-0.15, -0.1) is 10.2 Å². The van der Waals surface area contributed by atoms with Gasteiger partial charge in [-0.2, -0.15) is 0 Å². The third-order valence-electron chi connectivity index (χ3n) is 4.97. The van der Waals surface area contributed by atoms with Crippen molar-refractivity contribution in [3.05, 3.63) is 53.6 Å². The van der Waals surface area contributed by atoms with Gasteiger partial charge in [0.1, 0.15) is 5.03 Å². The molecule has 6 nitrogen and oxygen atoms in total. The molecule has 2 heterocycles. The number of hydrogen-bond acceptors (Lipinski definition) is 5. The number of anilines is 1. The molecule has 1 amide bonds. The molecule has 4 rings (SSSR count). The van der Waals surface area contributed by atoms with Crippen molar-refractivity contribution in [1.29, 1.82) is 0 Å². The predicted octanol–water partition coefficient (Wildman–Crippen LogP) is 4.62. The number of amides is 1. The van der Waals surface area contributed by atoms with Crippen molar-refractivity contribution in [2.45, 2.75) is 22.4 Å². The van der Waals surface area contributed by atoms with Gasteiger partial charge in [-0.1, -0.05) is 47.6 Å². The molecule has 8 heteroatoms. The molecule has 0 bridgehead atoms. The Hall–Kier alpha value is -2.51. The van der Waals surface area contributed by atoms with Gasteiger partial charge in [0.2, 0.25) is 0 Å². The summed E-state index contributed by atoms with van der Waals surface area (Å²) < 4.78 is 0. The van der Waals surface area contributed by atoms with Crippen molar-refractivity contribution >= 4 is 46.0 Å². The minimum absolute atomic E-state index is 0.0406. The molecule has 2 aromatic carbocycles. The monoisotopic (exact) mass is 414 g/mol. The summed E-state index contributed by atoms with van der Waals surface area (Å²) in [6, 6.07) is 15.7. The minimum atomic E-state index is -0.905. The lowest BCUT2D eigenvalue weighted by atomic mass is 10.2. The zero-order chi connectivity index (χ0) is 19.7. The first-order valence-electron chi connectivity index (χ1n) is 8.92. The predicted molar refractivity (Wildman–Crippen MR) is 112 cm³/mol. The van der Waals surface area contributed by atoms with Crippen LogP contribution in [0.25, 0.3) is 10.8 Å². The van der Waals surface area contributed by atoms with Crippen molar-refractivity contribution < 1.29 is 9.90 Å². The highest BCUT2D eigenvalue weighted by Gasteiger charge is 2.30. The molecule has 0 spiro atoms. The van der Waals surface area contributed by atoms with Crippen molar-refractivity contribution in [2.24, 2.45) is 0 Å². The second kappa shape index (κ2) is 7.85. The van der Waals surface area contributed by atoms with E-state index in [-0.39, 0.29) is 6.04 Å². The molecule has 1 fully saturated rings. The molecule has 0 saturated carbocycles. The summed E-state index contributed by atoms with van der Waals surface area (Å²) in [6.45, 7) is 1.37. The number of carbonyl (C=O) groups is 1. The van der Waals surface area contributed by atoms with Gasteiger partial charge in [-0.25, -0.2) is 4.79 Å². The molecule has 0 radical (unpaired) electrons. The van der Waals surface area contributed by atoms with E-state index in [2.05, 4.69) is 15.1 Å². The minimum Gasteiger partial charge on any atom is -0.465 e. The van der Waals surface area contributed by atoms with Crippen molar-refractivity contribution in [3.8, 4) is 0 Å². The second-order valence-electron chi connectivity index (χ2n) is 6.71. The van der Waals surface area contributed by atoms with E-state index in [0.717, 1.165) is 39.5 Å². The first-order valence-corrected chi connectivity index (χ1v) is 10.1. The molecule has 1 unspecified atom stereocenters. The number of aromatic nitrogens is 2. The highest BCUT2D eigenvalue weighted by Crippen LogP contribution is 2.36. The standard InChI is InChI=1S/C20H19ClN4O2S/c1-24(20(26)27)14-10-11-25(12-14)18-16-4-2-3-5-17(16)19(23-22-18)28-15-8-6-13(21)7-9-15/h2-9,14H,10-12H2,1H3,(H,26,27). The SMILES string of the molecule is CN(C(=O)O)C1CCN(c2nnc(Sc3ccc(Cl)cc3)c3ccccc23)C1. The van der Waals surface area contributed by atoms with Crippen LogP contribution in [0.1, 0.15) is 6.42 Å². The Balaban J connectivity index is 1.65. The van der Waals surface area contributed by atoms with Crippen LogP contribution in [0.5, 0.6) is 0 Å². The summed E-state index contributed by atoms with van der Waals surface area (Å²) in [4.78, 5) is 15.8. The fourth-order valence-corrected chi connectivity index (χ4v) is 4.39. The summed E-state index contributed by atoms with van der Waals surface area (Å²) in [7, 11) is 1.62. The third-order valence-corrected chi connectivity index (χ3v) is 6.23. The number of rotatable bonds is 4. The van der Waals surface area contributed by atoms with Gasteiger partial charge in [0.25, 0.3) is 0 Å². The van der Waals surface area contributed by atoms with Crippen LogP contribution in [0.3, 0.4) is 0 Å². The van der Waals surface area contributed by atoms with Gasteiger partial charge < -0.3 is 14.9 Å². The van der Waals surface area contributed by atoms with Crippen molar-refractivity contribution in [2.75, 3.05) is 25.0 Å². The average molecular weight is 415 g/mol. The van der Waals surface area contributed by atoms with Crippen LogP contribution in [0.2, 0.25) is 5.02 Å². The molecular formula is C20H19ClN4O2S. The van der Waals surface area contributed by atoms with E-state index in [9.17, 15) is 9.90 Å². The number of halogens is 1. The van der Waals surface area contributed by atoms with Crippen molar-refractivity contribution in [1.82, 2.24) is 15.1 Å². The van der Waals surface area contributed by atoms with Gasteiger partial charge in [0, 0.05) is 40.8 Å². The largest absolute Gasteiger partial charge is 0.465 e. The van der Waals surface area contributed by atoms with Crippen LogP contribution in [0.15, 0.2) is 58.5 Å². The molecule has 1 atom stereocenters. The van der Waals surface area contributed by atoms with Crippen LogP contribution in [-0.2, 0) is 0 Å². The molecular weight excluding hydrogens is 396 g/mol. The second-order valence-corrected chi connectivity index (χ2v) is 8.21. The van der Waals surface area contributed by atoms with E-state index in [4.69, 9.17) is 11.6 Å². The molecule has 1 N–H and O–H groups in total. The lowest BCUT2D eigenvalue weighted by Gasteiger charge is -2.23. The number of hydrogen-bond donors (Lipinski definition) is 1. The van der Waals surface area contributed by atoms with E-state index >= 15 is 0 Å². The lowest BCUT2D eigenvalue weighted by Crippen LogP contribution is -2.38. The normalized spacial score (nSPS) is 16.5. The summed E-state index contributed by atoms with van der Waals surface area (Å²) in [5, 5.41) is 21.8. The number of fused-ring (bicyclic) bond motifs is 1. The molecule has 1 aliphatic heterocycles. The van der Waals surface area contributed by atoms with Crippen LogP contribution >= 0.6 is 23.4 Å². The van der Waals surface area contributed by atoms with E-state index in [1.807, 2.05) is 48.5 Å². The highest BCUT2D eigenvalue weighted by atomic mass is 35.5. The number of benzene rings is 2. The molecule has 1 saturated heterocycles. The number of likely N-dealkylation sites (N-methyl/N-ethyl adjacent to an activating group) is 1. The molecule has 144 valence electrons. The molecule has 3 aromatic rings. The van der Waals surface area contributed by atoms with Crippen LogP contribution in [-0.4, -0.2) is 52.5 Å². The maximum Gasteiger partial charge on any atom is 0.407 e. The van der Waals surface area contributed by atoms with Crippen LogP contribution in [0.4, 0.5) is 10.6 Å². The highest BCUT2D eigenvalue weighted by molar-refractivity contribution is 7.99. The summed E-state index contributed by atoms with van der Waals surface area (Å²) >= 11 is 7.52. The fraction of sp³-hybridized carbons (Fsp3) is 0.250.